The molecule has 0 radical (unpaired) electrons. The number of phenols is 2. The maximum Gasteiger partial charge on any atom is 0.248 e. The van der Waals surface area contributed by atoms with Crippen LogP contribution in [-0.2, 0) is 0 Å². The number of hydrogen-bond acceptors (Lipinski definition) is 3. The summed E-state index contributed by atoms with van der Waals surface area (Å²) in [7, 11) is 0. The molecule has 0 unspecified atom stereocenters. The highest BCUT2D eigenvalue weighted by molar-refractivity contribution is 5.45. The number of halogens is 2. The van der Waals surface area contributed by atoms with Crippen LogP contribution in [0.4, 0.5) is 8.78 Å². The van der Waals surface area contributed by atoms with Crippen LogP contribution in [0, 0.1) is 5.92 Å². The zero-order valence-electron chi connectivity index (χ0n) is 13.0. The van der Waals surface area contributed by atoms with Crippen LogP contribution in [0.1, 0.15) is 42.4 Å². The van der Waals surface area contributed by atoms with Gasteiger partial charge < -0.3 is 14.9 Å². The molecule has 1 aliphatic carbocycles. The highest BCUT2D eigenvalue weighted by Gasteiger charge is 2.48. The van der Waals surface area contributed by atoms with Gasteiger partial charge in [-0.3, -0.25) is 0 Å². The van der Waals surface area contributed by atoms with E-state index < -0.39 is 5.92 Å². The summed E-state index contributed by atoms with van der Waals surface area (Å²) in [5.74, 6) is -2.36. The van der Waals surface area contributed by atoms with Gasteiger partial charge in [-0.25, -0.2) is 8.78 Å². The molecule has 3 atom stereocenters. The van der Waals surface area contributed by atoms with Gasteiger partial charge in [0.05, 0.1) is 0 Å². The Bertz CT molecular complexity index is 758. The molecule has 0 aromatic heterocycles. The number of rotatable bonds is 1. The molecular formula is C19H18F2O3. The molecule has 0 saturated heterocycles. The molecule has 1 saturated carbocycles. The Morgan fingerprint density at radius 3 is 2.46 bits per heavy atom. The minimum atomic E-state index is -2.69. The maximum atomic E-state index is 14.0. The molecule has 2 aromatic carbocycles. The van der Waals surface area contributed by atoms with Gasteiger partial charge in [0.15, 0.2) is 0 Å². The normalized spacial score (nSPS) is 27.7. The van der Waals surface area contributed by atoms with E-state index in [2.05, 4.69) is 0 Å². The molecular weight excluding hydrogens is 314 g/mol. The summed E-state index contributed by atoms with van der Waals surface area (Å²) in [6.45, 7) is 0. The van der Waals surface area contributed by atoms with Crippen molar-refractivity contribution in [3.05, 3.63) is 53.6 Å². The number of ether oxygens (including phenoxy) is 1. The van der Waals surface area contributed by atoms with E-state index in [1.54, 1.807) is 36.4 Å². The molecule has 2 N–H and O–H groups in total. The lowest BCUT2D eigenvalue weighted by Crippen LogP contribution is -2.38. The van der Waals surface area contributed by atoms with E-state index >= 15 is 0 Å². The molecule has 2 aromatic rings. The lowest BCUT2D eigenvalue weighted by molar-refractivity contribution is -0.0767. The van der Waals surface area contributed by atoms with Crippen molar-refractivity contribution in [3.8, 4) is 17.2 Å². The fourth-order valence-corrected chi connectivity index (χ4v) is 3.99. The summed E-state index contributed by atoms with van der Waals surface area (Å²) in [5, 5.41) is 19.2. The first-order valence-electron chi connectivity index (χ1n) is 8.09. The first-order chi connectivity index (χ1) is 11.4. The van der Waals surface area contributed by atoms with E-state index in [-0.39, 0.29) is 42.3 Å². The summed E-state index contributed by atoms with van der Waals surface area (Å²) in [6.07, 6.45) is -0.353. The second-order valence-corrected chi connectivity index (χ2v) is 6.72. The number of alkyl halides is 2. The Morgan fingerprint density at radius 2 is 1.71 bits per heavy atom. The first-order valence-corrected chi connectivity index (χ1v) is 8.09. The van der Waals surface area contributed by atoms with Gasteiger partial charge in [-0.15, -0.1) is 0 Å². The van der Waals surface area contributed by atoms with Gasteiger partial charge >= 0.3 is 0 Å². The van der Waals surface area contributed by atoms with Gasteiger partial charge in [0.1, 0.15) is 23.4 Å². The van der Waals surface area contributed by atoms with Crippen molar-refractivity contribution in [2.24, 2.45) is 5.92 Å². The second kappa shape index (κ2) is 5.36. The Balaban J connectivity index is 1.78. The van der Waals surface area contributed by atoms with E-state index in [0.29, 0.717) is 17.7 Å². The standard InChI is InChI=1S/C19H18F2O3/c20-19(21)8-7-14-16(10-19)15-9-13(23)5-6-17(15)24-18(14)11-1-3-12(22)4-2-11/h1-6,9,14,16,18,22-23H,7-8,10H2/t14-,16+,18-/m1/s1. The summed E-state index contributed by atoms with van der Waals surface area (Å²) in [5.41, 5.74) is 1.53. The van der Waals surface area contributed by atoms with Crippen LogP contribution in [0.25, 0.3) is 0 Å². The van der Waals surface area contributed by atoms with Crippen molar-refractivity contribution in [2.75, 3.05) is 0 Å². The number of hydrogen-bond donors (Lipinski definition) is 2. The summed E-state index contributed by atoms with van der Waals surface area (Å²) in [6, 6.07) is 11.4. The molecule has 0 amide bonds. The van der Waals surface area contributed by atoms with Crippen molar-refractivity contribution in [3.63, 3.8) is 0 Å². The minimum Gasteiger partial charge on any atom is -0.508 e. The highest BCUT2D eigenvalue weighted by Crippen LogP contribution is 2.56. The second-order valence-electron chi connectivity index (χ2n) is 6.72. The first kappa shape index (κ1) is 15.2. The lowest BCUT2D eigenvalue weighted by Gasteiger charge is -2.44. The van der Waals surface area contributed by atoms with Crippen LogP contribution in [-0.4, -0.2) is 16.1 Å². The van der Waals surface area contributed by atoms with Crippen LogP contribution in [0.15, 0.2) is 42.5 Å². The number of phenolic OH excluding ortho intramolecular Hbond substituents is 2. The summed E-state index contributed by atoms with van der Waals surface area (Å²) >= 11 is 0. The van der Waals surface area contributed by atoms with Crippen LogP contribution in [0.3, 0.4) is 0 Å². The third-order valence-corrected chi connectivity index (χ3v) is 5.14. The quantitative estimate of drug-likeness (QED) is 0.792. The predicted octanol–water partition coefficient (Wildman–Crippen LogP) is 4.75. The molecule has 1 aliphatic heterocycles. The smallest absolute Gasteiger partial charge is 0.248 e. The van der Waals surface area contributed by atoms with Gasteiger partial charge in [-0.1, -0.05) is 12.1 Å². The van der Waals surface area contributed by atoms with Gasteiger partial charge in [0.25, 0.3) is 0 Å². The monoisotopic (exact) mass is 332 g/mol. The van der Waals surface area contributed by atoms with E-state index in [4.69, 9.17) is 4.74 Å². The number of fused-ring (bicyclic) bond motifs is 3. The number of aromatic hydroxyl groups is 2. The molecule has 126 valence electrons. The molecule has 24 heavy (non-hydrogen) atoms. The van der Waals surface area contributed by atoms with E-state index in [9.17, 15) is 19.0 Å². The van der Waals surface area contributed by atoms with Crippen LogP contribution in [0.2, 0.25) is 0 Å². The zero-order chi connectivity index (χ0) is 16.9. The Hall–Kier alpha value is -2.30. The van der Waals surface area contributed by atoms with Crippen LogP contribution in [0.5, 0.6) is 17.2 Å². The van der Waals surface area contributed by atoms with E-state index in [1.807, 2.05) is 0 Å². The largest absolute Gasteiger partial charge is 0.508 e. The molecule has 5 heteroatoms. The molecule has 0 bridgehead atoms. The minimum absolute atomic E-state index is 0.0630. The fourth-order valence-electron chi connectivity index (χ4n) is 3.99. The van der Waals surface area contributed by atoms with Gasteiger partial charge in [0, 0.05) is 30.2 Å². The van der Waals surface area contributed by atoms with Crippen LogP contribution >= 0.6 is 0 Å². The topological polar surface area (TPSA) is 49.7 Å². The molecule has 2 aliphatic rings. The Labute approximate surface area is 138 Å². The molecule has 0 spiro atoms. The molecule has 1 heterocycles. The Morgan fingerprint density at radius 1 is 1.00 bits per heavy atom. The Kier molecular flexibility index (Phi) is 3.41. The predicted molar refractivity (Wildman–Crippen MR) is 84.6 cm³/mol. The lowest BCUT2D eigenvalue weighted by atomic mass is 9.68. The fraction of sp³-hybridized carbons (Fsp3) is 0.368. The molecule has 4 rings (SSSR count). The molecule has 3 nitrogen and oxygen atoms in total. The average Bonchev–Trinajstić information content (AvgIpc) is 2.54. The van der Waals surface area contributed by atoms with Gasteiger partial charge in [0.2, 0.25) is 5.92 Å². The van der Waals surface area contributed by atoms with Gasteiger partial charge in [-0.2, -0.15) is 0 Å². The number of benzene rings is 2. The maximum absolute atomic E-state index is 14.0. The van der Waals surface area contributed by atoms with Crippen molar-refractivity contribution in [1.29, 1.82) is 0 Å². The van der Waals surface area contributed by atoms with Crippen molar-refractivity contribution < 1.29 is 23.7 Å². The SMILES string of the molecule is Oc1ccc([C@H]2Oc3ccc(O)cc3[C@H]3CC(F)(F)CC[C@H]32)cc1. The van der Waals surface area contributed by atoms with E-state index in [0.717, 1.165) is 5.56 Å². The molecule has 1 fully saturated rings. The zero-order valence-corrected chi connectivity index (χ0v) is 13.0. The van der Waals surface area contributed by atoms with Crippen molar-refractivity contribution in [1.82, 2.24) is 0 Å². The average molecular weight is 332 g/mol. The van der Waals surface area contributed by atoms with E-state index in [1.165, 1.54) is 6.07 Å². The summed E-state index contributed by atoms with van der Waals surface area (Å²) in [4.78, 5) is 0. The van der Waals surface area contributed by atoms with Crippen LogP contribution < -0.4 is 4.74 Å². The highest BCUT2D eigenvalue weighted by atomic mass is 19.3. The third kappa shape index (κ3) is 2.58. The van der Waals surface area contributed by atoms with Gasteiger partial charge in [-0.05, 0) is 42.3 Å². The third-order valence-electron chi connectivity index (χ3n) is 5.14. The van der Waals surface area contributed by atoms with Crippen molar-refractivity contribution in [2.45, 2.75) is 37.2 Å². The van der Waals surface area contributed by atoms with Crippen molar-refractivity contribution >= 4 is 0 Å². The summed E-state index contributed by atoms with van der Waals surface area (Å²) < 4.78 is 34.1.